The Kier molecular flexibility index (Phi) is 3.51. The zero-order chi connectivity index (χ0) is 16.1. The summed E-state index contributed by atoms with van der Waals surface area (Å²) >= 11 is 5.54. The molecule has 5 nitrogen and oxygen atoms in total. The van der Waals surface area contributed by atoms with Crippen molar-refractivity contribution in [3.8, 4) is 0 Å². The van der Waals surface area contributed by atoms with Gasteiger partial charge in [0.05, 0.1) is 5.92 Å². The van der Waals surface area contributed by atoms with Gasteiger partial charge in [-0.25, -0.2) is 9.97 Å². The molecule has 0 unspecified atom stereocenters. The Hall–Kier alpha value is -1.83. The molecule has 1 saturated carbocycles. The van der Waals surface area contributed by atoms with Crippen molar-refractivity contribution in [3.63, 3.8) is 0 Å². The molecule has 2 bridgehead atoms. The van der Waals surface area contributed by atoms with Crippen LogP contribution in [0.5, 0.6) is 0 Å². The summed E-state index contributed by atoms with van der Waals surface area (Å²) < 4.78 is 37.8. The molecule has 22 heavy (non-hydrogen) atoms. The fraction of sp³-hybridized carbons (Fsp3) is 0.462. The van der Waals surface area contributed by atoms with Gasteiger partial charge in [0.2, 0.25) is 5.95 Å². The summed E-state index contributed by atoms with van der Waals surface area (Å²) in [6.45, 7) is 0. The minimum atomic E-state index is -4.63. The third-order valence-electron chi connectivity index (χ3n) is 4.09. The smallest absolute Gasteiger partial charge is 0.420 e. The summed E-state index contributed by atoms with van der Waals surface area (Å²) in [7, 11) is 0. The van der Waals surface area contributed by atoms with Gasteiger partial charge >= 0.3 is 12.1 Å². The van der Waals surface area contributed by atoms with E-state index in [1.807, 2.05) is 12.2 Å². The number of anilines is 1. The minimum absolute atomic E-state index is 0.00392. The summed E-state index contributed by atoms with van der Waals surface area (Å²) in [6, 6.07) is -0.458. The van der Waals surface area contributed by atoms with E-state index in [9.17, 15) is 23.1 Å². The first-order valence-electron chi connectivity index (χ1n) is 6.55. The number of alkyl halides is 3. The van der Waals surface area contributed by atoms with Gasteiger partial charge in [-0.05, 0) is 18.3 Å². The predicted octanol–water partition coefficient (Wildman–Crippen LogP) is 2.84. The van der Waals surface area contributed by atoms with Gasteiger partial charge in [0.1, 0.15) is 10.7 Å². The largest absolute Gasteiger partial charge is 0.481 e. The molecule has 2 aliphatic rings. The molecule has 2 N–H and O–H groups in total. The number of nitrogens with zero attached hydrogens (tertiary/aromatic N) is 2. The number of carboxylic acid groups (broad SMARTS) is 1. The number of allylic oxidation sites excluding steroid dienone is 1. The number of hydrogen-bond acceptors (Lipinski definition) is 4. The molecule has 1 fully saturated rings. The molecule has 0 amide bonds. The maximum absolute atomic E-state index is 12.6. The molecular weight excluding hydrogens is 323 g/mol. The summed E-state index contributed by atoms with van der Waals surface area (Å²) in [5.41, 5.74) is -1.12. The standard InChI is InChI=1S/C13H11ClF3N3O2/c14-10-7(13(15,16)17)4-18-12(20-10)19-9-6-2-1-5(3-6)8(9)11(21)22/h1-2,4-6,8-9H,3H2,(H,21,22)(H,18,19,20)/t5-,6+,8+,9-/m1/s1. The Morgan fingerprint density at radius 1 is 1.36 bits per heavy atom. The van der Waals surface area contributed by atoms with Crippen LogP contribution in [0, 0.1) is 17.8 Å². The van der Waals surface area contributed by atoms with E-state index < -0.39 is 34.8 Å². The Morgan fingerprint density at radius 3 is 2.64 bits per heavy atom. The van der Waals surface area contributed by atoms with Crippen LogP contribution in [0.3, 0.4) is 0 Å². The quantitative estimate of drug-likeness (QED) is 0.657. The molecule has 1 aromatic heterocycles. The predicted molar refractivity (Wildman–Crippen MR) is 71.3 cm³/mol. The Bertz CT molecular complexity index is 650. The van der Waals surface area contributed by atoms with Crippen molar-refractivity contribution in [2.75, 3.05) is 5.32 Å². The van der Waals surface area contributed by atoms with Gasteiger partial charge in [-0.1, -0.05) is 23.8 Å². The van der Waals surface area contributed by atoms with Gasteiger partial charge in [-0.3, -0.25) is 4.79 Å². The zero-order valence-electron chi connectivity index (χ0n) is 11.0. The second-order valence-electron chi connectivity index (χ2n) is 5.38. The normalized spacial score (nSPS) is 29.8. The molecule has 0 aliphatic heterocycles. The number of halogens is 4. The molecule has 1 heterocycles. The van der Waals surface area contributed by atoms with Crippen molar-refractivity contribution >= 4 is 23.5 Å². The lowest BCUT2D eigenvalue weighted by molar-refractivity contribution is -0.142. The number of rotatable bonds is 3. The van der Waals surface area contributed by atoms with E-state index in [1.165, 1.54) is 0 Å². The average Bonchev–Trinajstić information content (AvgIpc) is 2.97. The van der Waals surface area contributed by atoms with Gasteiger partial charge in [-0.15, -0.1) is 0 Å². The van der Waals surface area contributed by atoms with Crippen molar-refractivity contribution in [1.29, 1.82) is 0 Å². The summed E-state index contributed by atoms with van der Waals surface area (Å²) in [5.74, 6) is -1.79. The number of carboxylic acids is 1. The molecule has 0 saturated heterocycles. The van der Waals surface area contributed by atoms with E-state index in [4.69, 9.17) is 11.6 Å². The van der Waals surface area contributed by atoms with Crippen LogP contribution in [0.4, 0.5) is 19.1 Å². The van der Waals surface area contributed by atoms with Crippen LogP contribution in [-0.2, 0) is 11.0 Å². The molecule has 0 aromatic carbocycles. The van der Waals surface area contributed by atoms with Crippen molar-refractivity contribution in [2.45, 2.75) is 18.6 Å². The van der Waals surface area contributed by atoms with E-state index in [0.717, 1.165) is 0 Å². The first-order chi connectivity index (χ1) is 10.3. The lowest BCUT2D eigenvalue weighted by Crippen LogP contribution is -2.38. The van der Waals surface area contributed by atoms with Gasteiger partial charge in [0.15, 0.2) is 0 Å². The topological polar surface area (TPSA) is 75.1 Å². The van der Waals surface area contributed by atoms with Gasteiger partial charge in [-0.2, -0.15) is 13.2 Å². The Morgan fingerprint density at radius 2 is 2.05 bits per heavy atom. The minimum Gasteiger partial charge on any atom is -0.481 e. The number of fused-ring (bicyclic) bond motifs is 2. The number of aromatic nitrogens is 2. The Balaban J connectivity index is 1.83. The van der Waals surface area contributed by atoms with Crippen LogP contribution in [0.15, 0.2) is 18.3 Å². The molecule has 2 aliphatic carbocycles. The van der Waals surface area contributed by atoms with Gasteiger partial charge in [0.25, 0.3) is 0 Å². The molecular formula is C13H11ClF3N3O2. The van der Waals surface area contributed by atoms with Crippen LogP contribution in [-0.4, -0.2) is 27.1 Å². The molecule has 118 valence electrons. The van der Waals surface area contributed by atoms with Crippen molar-refractivity contribution in [1.82, 2.24) is 9.97 Å². The third-order valence-corrected chi connectivity index (χ3v) is 4.38. The van der Waals surface area contributed by atoms with Crippen molar-refractivity contribution in [3.05, 3.63) is 29.1 Å². The summed E-state index contributed by atoms with van der Waals surface area (Å²) in [4.78, 5) is 18.5. The van der Waals surface area contributed by atoms with Crippen LogP contribution in [0.1, 0.15) is 12.0 Å². The van der Waals surface area contributed by atoms with E-state index in [2.05, 4.69) is 15.3 Å². The third kappa shape index (κ3) is 2.51. The zero-order valence-corrected chi connectivity index (χ0v) is 11.8. The second kappa shape index (κ2) is 5.12. The lowest BCUT2D eigenvalue weighted by atomic mass is 9.89. The fourth-order valence-electron chi connectivity index (χ4n) is 3.13. The molecule has 0 radical (unpaired) electrons. The molecule has 0 spiro atoms. The van der Waals surface area contributed by atoms with Gasteiger partial charge in [0, 0.05) is 12.2 Å². The monoisotopic (exact) mass is 333 g/mol. The molecule has 3 rings (SSSR count). The van der Waals surface area contributed by atoms with E-state index >= 15 is 0 Å². The lowest BCUT2D eigenvalue weighted by Gasteiger charge is -2.25. The van der Waals surface area contributed by atoms with E-state index in [1.54, 1.807) is 0 Å². The van der Waals surface area contributed by atoms with Crippen molar-refractivity contribution in [2.24, 2.45) is 17.8 Å². The number of nitrogens with one attached hydrogen (secondary N) is 1. The molecule has 4 atom stereocenters. The highest BCUT2D eigenvalue weighted by atomic mass is 35.5. The maximum atomic E-state index is 12.6. The van der Waals surface area contributed by atoms with Crippen LogP contribution in [0.25, 0.3) is 0 Å². The SMILES string of the molecule is O=C(O)[C@@H]1[C@H](Nc2ncc(C(F)(F)F)c(Cl)n2)[C@H]2C=C[C@@H]1C2. The number of aliphatic carboxylic acids is 1. The average molecular weight is 334 g/mol. The Labute approximate surface area is 128 Å². The number of hydrogen-bond donors (Lipinski definition) is 2. The summed E-state index contributed by atoms with van der Waals surface area (Å²) in [5, 5.41) is 11.4. The van der Waals surface area contributed by atoms with Crippen molar-refractivity contribution < 1.29 is 23.1 Å². The summed E-state index contributed by atoms with van der Waals surface area (Å²) in [6.07, 6.45) is 0.434. The highest BCUT2D eigenvalue weighted by Crippen LogP contribution is 2.45. The van der Waals surface area contributed by atoms with E-state index in [-0.39, 0.29) is 17.8 Å². The van der Waals surface area contributed by atoms with Gasteiger partial charge < -0.3 is 10.4 Å². The van der Waals surface area contributed by atoms with Crippen LogP contribution < -0.4 is 5.32 Å². The van der Waals surface area contributed by atoms with Crippen LogP contribution in [0.2, 0.25) is 5.15 Å². The maximum Gasteiger partial charge on any atom is 0.420 e. The molecule has 9 heteroatoms. The van der Waals surface area contributed by atoms with Crippen LogP contribution >= 0.6 is 11.6 Å². The second-order valence-corrected chi connectivity index (χ2v) is 5.74. The van der Waals surface area contributed by atoms with E-state index in [0.29, 0.717) is 12.6 Å². The first kappa shape index (κ1) is 15.1. The fourth-order valence-corrected chi connectivity index (χ4v) is 3.36. The first-order valence-corrected chi connectivity index (χ1v) is 6.92. The highest BCUT2D eigenvalue weighted by molar-refractivity contribution is 6.30. The molecule has 1 aromatic rings. The highest BCUT2D eigenvalue weighted by Gasteiger charge is 2.48. The number of carbonyl (C=O) groups is 1.